The van der Waals surface area contributed by atoms with E-state index in [9.17, 15) is 4.79 Å². The summed E-state index contributed by atoms with van der Waals surface area (Å²) in [4.78, 5) is 12.4. The molecule has 1 amide bonds. The highest BCUT2D eigenvalue weighted by Gasteiger charge is 2.45. The van der Waals surface area contributed by atoms with E-state index in [-0.39, 0.29) is 29.8 Å². The zero-order valence-corrected chi connectivity index (χ0v) is 11.5. The Kier molecular flexibility index (Phi) is 5.17. The summed E-state index contributed by atoms with van der Waals surface area (Å²) >= 11 is 0. The number of amides is 1. The second-order valence-corrected chi connectivity index (χ2v) is 4.91. The molecular formula is C14H21ClN2O. The predicted molar refractivity (Wildman–Crippen MR) is 75.9 cm³/mol. The minimum atomic E-state index is -0.301. The number of nitrogens with one attached hydrogen (secondary N) is 1. The maximum absolute atomic E-state index is 12.4. The van der Waals surface area contributed by atoms with Gasteiger partial charge in [-0.25, -0.2) is 0 Å². The van der Waals surface area contributed by atoms with Crippen molar-refractivity contribution in [1.82, 2.24) is 5.32 Å². The third-order valence-electron chi connectivity index (χ3n) is 3.70. The van der Waals surface area contributed by atoms with E-state index in [1.54, 1.807) is 0 Å². The van der Waals surface area contributed by atoms with Crippen molar-refractivity contribution in [2.24, 2.45) is 5.73 Å². The average Bonchev–Trinajstić information content (AvgIpc) is 2.28. The summed E-state index contributed by atoms with van der Waals surface area (Å²) in [5, 5.41) is 3.01. The maximum Gasteiger partial charge on any atom is 0.230 e. The van der Waals surface area contributed by atoms with Crippen LogP contribution in [0.25, 0.3) is 0 Å². The quantitative estimate of drug-likeness (QED) is 0.878. The largest absolute Gasteiger partial charge is 0.352 e. The zero-order valence-electron chi connectivity index (χ0n) is 10.7. The summed E-state index contributed by atoms with van der Waals surface area (Å²) in [6, 6.07) is 10.1. The highest BCUT2D eigenvalue weighted by Crippen LogP contribution is 2.43. The van der Waals surface area contributed by atoms with Gasteiger partial charge in [0.1, 0.15) is 0 Å². The fourth-order valence-electron chi connectivity index (χ4n) is 2.36. The molecule has 3 N–H and O–H groups in total. The van der Waals surface area contributed by atoms with Gasteiger partial charge in [0.2, 0.25) is 5.91 Å². The smallest absolute Gasteiger partial charge is 0.230 e. The van der Waals surface area contributed by atoms with Gasteiger partial charge in [0, 0.05) is 12.6 Å². The van der Waals surface area contributed by atoms with E-state index >= 15 is 0 Å². The molecule has 100 valence electrons. The summed E-state index contributed by atoms with van der Waals surface area (Å²) in [5.41, 5.74) is 6.38. The van der Waals surface area contributed by atoms with Gasteiger partial charge in [-0.15, -0.1) is 12.4 Å². The van der Waals surface area contributed by atoms with Crippen molar-refractivity contribution < 1.29 is 4.79 Å². The standard InChI is InChI=1S/C14H20N2O.ClH/c1-11(10-15)16-13(17)14(8-5-9-14)12-6-3-2-4-7-12;/h2-4,6-7,11H,5,8-10,15H2,1H3,(H,16,17);1H/t11-;/m0./s1. The Balaban J connectivity index is 0.00000162. The Hall–Kier alpha value is -1.06. The van der Waals surface area contributed by atoms with Crippen LogP contribution in [0.1, 0.15) is 31.7 Å². The lowest BCUT2D eigenvalue weighted by molar-refractivity contribution is -0.130. The van der Waals surface area contributed by atoms with Crippen LogP contribution < -0.4 is 11.1 Å². The molecule has 4 heteroatoms. The van der Waals surface area contributed by atoms with Crippen LogP contribution in [0, 0.1) is 0 Å². The Morgan fingerprint density at radius 3 is 2.44 bits per heavy atom. The molecule has 0 heterocycles. The molecule has 0 saturated heterocycles. The Bertz CT molecular complexity index is 390. The number of rotatable bonds is 4. The molecule has 2 rings (SSSR count). The SMILES string of the molecule is C[C@@H](CN)NC(=O)C1(c2ccccc2)CCC1.Cl. The van der Waals surface area contributed by atoms with Crippen LogP contribution >= 0.6 is 12.4 Å². The van der Waals surface area contributed by atoms with Gasteiger partial charge in [-0.1, -0.05) is 36.8 Å². The molecule has 1 aromatic carbocycles. The third-order valence-corrected chi connectivity index (χ3v) is 3.70. The molecule has 1 aromatic rings. The van der Waals surface area contributed by atoms with Gasteiger partial charge in [0.05, 0.1) is 5.41 Å². The number of halogens is 1. The van der Waals surface area contributed by atoms with Gasteiger partial charge >= 0.3 is 0 Å². The van der Waals surface area contributed by atoms with Gasteiger partial charge in [-0.3, -0.25) is 4.79 Å². The van der Waals surface area contributed by atoms with Gasteiger partial charge in [-0.05, 0) is 25.3 Å². The molecule has 1 aliphatic rings. The van der Waals surface area contributed by atoms with E-state index in [2.05, 4.69) is 5.32 Å². The number of benzene rings is 1. The summed E-state index contributed by atoms with van der Waals surface area (Å²) in [7, 11) is 0. The van der Waals surface area contributed by atoms with Crippen LogP contribution in [0.4, 0.5) is 0 Å². The Morgan fingerprint density at radius 1 is 1.39 bits per heavy atom. The van der Waals surface area contributed by atoms with Crippen molar-refractivity contribution in [3.05, 3.63) is 35.9 Å². The first-order valence-electron chi connectivity index (χ1n) is 6.25. The van der Waals surface area contributed by atoms with E-state index in [1.807, 2.05) is 37.3 Å². The minimum absolute atomic E-state index is 0. The maximum atomic E-state index is 12.4. The van der Waals surface area contributed by atoms with Crippen LogP contribution in [0.2, 0.25) is 0 Å². The van der Waals surface area contributed by atoms with Crippen molar-refractivity contribution >= 4 is 18.3 Å². The van der Waals surface area contributed by atoms with Crippen LogP contribution in [0.15, 0.2) is 30.3 Å². The monoisotopic (exact) mass is 268 g/mol. The van der Waals surface area contributed by atoms with E-state index < -0.39 is 0 Å². The summed E-state index contributed by atoms with van der Waals surface area (Å²) < 4.78 is 0. The fourth-order valence-corrected chi connectivity index (χ4v) is 2.36. The summed E-state index contributed by atoms with van der Waals surface area (Å²) in [6.07, 6.45) is 3.01. The number of hydrogen-bond donors (Lipinski definition) is 2. The first-order valence-corrected chi connectivity index (χ1v) is 6.25. The van der Waals surface area contributed by atoms with E-state index in [0.717, 1.165) is 24.8 Å². The van der Waals surface area contributed by atoms with Crippen LogP contribution in [0.3, 0.4) is 0 Å². The average molecular weight is 269 g/mol. The molecule has 1 fully saturated rings. The molecule has 0 aliphatic heterocycles. The number of hydrogen-bond acceptors (Lipinski definition) is 2. The van der Waals surface area contributed by atoms with Crippen molar-refractivity contribution in [3.8, 4) is 0 Å². The molecule has 18 heavy (non-hydrogen) atoms. The molecule has 1 atom stereocenters. The number of carbonyl (C=O) groups is 1. The van der Waals surface area contributed by atoms with Crippen molar-refractivity contribution in [2.75, 3.05) is 6.54 Å². The lowest BCUT2D eigenvalue weighted by atomic mass is 9.63. The number of nitrogens with two attached hydrogens (primary N) is 1. The first kappa shape index (κ1) is 15.0. The molecule has 0 radical (unpaired) electrons. The van der Waals surface area contributed by atoms with Gasteiger partial charge in [0.25, 0.3) is 0 Å². The lowest BCUT2D eigenvalue weighted by Gasteiger charge is -2.41. The van der Waals surface area contributed by atoms with Crippen molar-refractivity contribution in [1.29, 1.82) is 0 Å². The van der Waals surface area contributed by atoms with E-state index in [4.69, 9.17) is 5.73 Å². The predicted octanol–water partition coefficient (Wildman–Crippen LogP) is 1.99. The highest BCUT2D eigenvalue weighted by molar-refractivity contribution is 5.89. The molecule has 0 bridgehead atoms. The van der Waals surface area contributed by atoms with E-state index in [0.29, 0.717) is 6.54 Å². The van der Waals surface area contributed by atoms with Crippen LogP contribution in [0.5, 0.6) is 0 Å². The van der Waals surface area contributed by atoms with Gasteiger partial charge in [-0.2, -0.15) is 0 Å². The molecule has 3 nitrogen and oxygen atoms in total. The molecule has 0 spiro atoms. The van der Waals surface area contributed by atoms with Gasteiger partial charge < -0.3 is 11.1 Å². The molecule has 0 unspecified atom stereocenters. The minimum Gasteiger partial charge on any atom is -0.352 e. The molecule has 1 saturated carbocycles. The Labute approximate surface area is 115 Å². The second-order valence-electron chi connectivity index (χ2n) is 4.91. The zero-order chi connectivity index (χ0) is 12.3. The summed E-state index contributed by atoms with van der Waals surface area (Å²) in [5.74, 6) is 0.132. The number of carbonyl (C=O) groups excluding carboxylic acids is 1. The van der Waals surface area contributed by atoms with Crippen molar-refractivity contribution in [2.45, 2.75) is 37.6 Å². The second kappa shape index (κ2) is 6.21. The van der Waals surface area contributed by atoms with Crippen LogP contribution in [-0.2, 0) is 10.2 Å². The molecule has 1 aliphatic carbocycles. The fraction of sp³-hybridized carbons (Fsp3) is 0.500. The first-order chi connectivity index (χ1) is 8.19. The summed E-state index contributed by atoms with van der Waals surface area (Å²) in [6.45, 7) is 2.42. The lowest BCUT2D eigenvalue weighted by Crippen LogP contribution is -2.52. The topological polar surface area (TPSA) is 55.1 Å². The van der Waals surface area contributed by atoms with E-state index in [1.165, 1.54) is 0 Å². The van der Waals surface area contributed by atoms with Crippen LogP contribution in [-0.4, -0.2) is 18.5 Å². The van der Waals surface area contributed by atoms with Crippen molar-refractivity contribution in [3.63, 3.8) is 0 Å². The molecule has 0 aromatic heterocycles. The van der Waals surface area contributed by atoms with Gasteiger partial charge in [0.15, 0.2) is 0 Å². The molecular weight excluding hydrogens is 248 g/mol. The third kappa shape index (κ3) is 2.68. The Morgan fingerprint density at radius 2 is 2.00 bits per heavy atom. The normalized spacial score (nSPS) is 18.1. The highest BCUT2D eigenvalue weighted by atomic mass is 35.5.